The SMILES string of the molecule is CC(=O)NC12CC(C(=O)O)(C1)OC2(C)C. The van der Waals surface area contributed by atoms with E-state index >= 15 is 0 Å². The summed E-state index contributed by atoms with van der Waals surface area (Å²) in [5.74, 6) is -1.08. The van der Waals surface area contributed by atoms with Gasteiger partial charge in [0.05, 0.1) is 11.1 Å². The quantitative estimate of drug-likeness (QED) is 0.691. The average Bonchev–Trinajstić information content (AvgIpc) is 2.29. The van der Waals surface area contributed by atoms with Gasteiger partial charge in [-0.1, -0.05) is 0 Å². The van der Waals surface area contributed by atoms with Gasteiger partial charge >= 0.3 is 5.97 Å². The van der Waals surface area contributed by atoms with Gasteiger partial charge in [-0.25, -0.2) is 4.79 Å². The first-order valence-electron chi connectivity index (χ1n) is 4.95. The first-order chi connectivity index (χ1) is 6.73. The molecular weight excluding hydrogens is 198 g/mol. The number of carboxylic acids is 1. The monoisotopic (exact) mass is 213 g/mol. The van der Waals surface area contributed by atoms with Gasteiger partial charge in [-0.15, -0.1) is 0 Å². The minimum Gasteiger partial charge on any atom is -0.479 e. The maximum Gasteiger partial charge on any atom is 0.336 e. The van der Waals surface area contributed by atoms with Crippen LogP contribution in [-0.2, 0) is 14.3 Å². The van der Waals surface area contributed by atoms with Crippen LogP contribution in [0.3, 0.4) is 0 Å². The summed E-state index contributed by atoms with van der Waals surface area (Å²) in [7, 11) is 0. The molecule has 3 fully saturated rings. The topological polar surface area (TPSA) is 75.6 Å². The Bertz CT molecular complexity index is 341. The van der Waals surface area contributed by atoms with E-state index in [1.807, 2.05) is 13.8 Å². The Hall–Kier alpha value is -1.10. The lowest BCUT2D eigenvalue weighted by Crippen LogP contribution is -2.65. The Balaban J connectivity index is 2.26. The number of hydrogen-bond donors (Lipinski definition) is 2. The van der Waals surface area contributed by atoms with Crippen LogP contribution in [0.1, 0.15) is 33.6 Å². The van der Waals surface area contributed by atoms with E-state index in [1.165, 1.54) is 6.92 Å². The van der Waals surface area contributed by atoms with Gasteiger partial charge in [0.25, 0.3) is 0 Å². The Kier molecular flexibility index (Phi) is 1.75. The van der Waals surface area contributed by atoms with Crippen LogP contribution in [0.5, 0.6) is 0 Å². The van der Waals surface area contributed by atoms with Crippen molar-refractivity contribution in [2.45, 2.75) is 50.4 Å². The molecule has 0 unspecified atom stereocenters. The second kappa shape index (κ2) is 2.52. The molecule has 15 heavy (non-hydrogen) atoms. The number of amides is 1. The number of hydrogen-bond acceptors (Lipinski definition) is 3. The summed E-state index contributed by atoms with van der Waals surface area (Å²) in [4.78, 5) is 22.1. The smallest absolute Gasteiger partial charge is 0.336 e. The maximum absolute atomic E-state index is 11.1. The number of fused-ring (bicyclic) bond motifs is 1. The predicted octanol–water partition coefficient (Wildman–Crippen LogP) is 0.287. The molecule has 0 aromatic heterocycles. The lowest BCUT2D eigenvalue weighted by atomic mass is 9.62. The van der Waals surface area contributed by atoms with Crippen molar-refractivity contribution in [2.24, 2.45) is 0 Å². The van der Waals surface area contributed by atoms with E-state index in [4.69, 9.17) is 9.84 Å². The molecular formula is C10H15NO4. The van der Waals surface area contributed by atoms with Crippen LogP contribution in [0.4, 0.5) is 0 Å². The molecule has 1 aliphatic carbocycles. The third kappa shape index (κ3) is 1.13. The van der Waals surface area contributed by atoms with Gasteiger partial charge < -0.3 is 15.2 Å². The maximum atomic E-state index is 11.1. The number of carboxylic acid groups (broad SMARTS) is 1. The van der Waals surface area contributed by atoms with Gasteiger partial charge in [-0.05, 0) is 13.8 Å². The van der Waals surface area contributed by atoms with Crippen LogP contribution in [0, 0.1) is 0 Å². The van der Waals surface area contributed by atoms with Crippen LogP contribution in [-0.4, -0.2) is 33.7 Å². The van der Waals surface area contributed by atoms with Crippen LogP contribution >= 0.6 is 0 Å². The molecule has 2 aliphatic heterocycles. The molecule has 2 N–H and O–H groups in total. The Morgan fingerprint density at radius 1 is 1.33 bits per heavy atom. The zero-order valence-corrected chi connectivity index (χ0v) is 9.09. The first kappa shape index (κ1) is 10.4. The normalized spacial score (nSPS) is 40.7. The molecule has 5 nitrogen and oxygen atoms in total. The fourth-order valence-electron chi connectivity index (χ4n) is 2.78. The number of carbonyl (C=O) groups is 2. The zero-order chi connectivity index (χ0) is 11.5. The van der Waals surface area contributed by atoms with Crippen molar-refractivity contribution in [1.82, 2.24) is 5.32 Å². The van der Waals surface area contributed by atoms with E-state index in [0.29, 0.717) is 12.8 Å². The van der Waals surface area contributed by atoms with Gasteiger partial charge in [0.2, 0.25) is 5.91 Å². The lowest BCUT2D eigenvalue weighted by molar-refractivity contribution is -0.167. The number of aliphatic carboxylic acids is 1. The highest BCUT2D eigenvalue weighted by Crippen LogP contribution is 2.60. The molecule has 0 spiro atoms. The Labute approximate surface area is 87.8 Å². The van der Waals surface area contributed by atoms with E-state index in [0.717, 1.165) is 0 Å². The Morgan fingerprint density at radius 2 is 1.87 bits per heavy atom. The Morgan fingerprint density at radius 3 is 2.20 bits per heavy atom. The molecule has 3 aliphatic rings. The van der Waals surface area contributed by atoms with Gasteiger partial charge in [-0.3, -0.25) is 4.79 Å². The highest BCUT2D eigenvalue weighted by atomic mass is 16.6. The van der Waals surface area contributed by atoms with Crippen molar-refractivity contribution in [3.8, 4) is 0 Å². The van der Waals surface area contributed by atoms with Gasteiger partial charge in [-0.2, -0.15) is 0 Å². The highest BCUT2D eigenvalue weighted by Gasteiger charge is 2.75. The van der Waals surface area contributed by atoms with E-state index in [-0.39, 0.29) is 5.91 Å². The van der Waals surface area contributed by atoms with Gasteiger partial charge in [0.15, 0.2) is 5.60 Å². The lowest BCUT2D eigenvalue weighted by Gasteiger charge is -2.45. The molecule has 1 amide bonds. The summed E-state index contributed by atoms with van der Waals surface area (Å²) in [5, 5.41) is 11.9. The van der Waals surface area contributed by atoms with E-state index < -0.39 is 22.7 Å². The molecule has 5 heteroatoms. The van der Waals surface area contributed by atoms with Crippen LogP contribution in [0.2, 0.25) is 0 Å². The first-order valence-corrected chi connectivity index (χ1v) is 4.95. The van der Waals surface area contributed by atoms with Crippen LogP contribution in [0.25, 0.3) is 0 Å². The standard InChI is InChI=1S/C10H15NO4/c1-6(12)11-10-4-9(5-10,7(13)14)15-8(10,2)3/h4-5H2,1-3H3,(H,11,12)(H,13,14). The van der Waals surface area contributed by atoms with Crippen LogP contribution < -0.4 is 5.32 Å². The molecule has 3 rings (SSSR count). The van der Waals surface area contributed by atoms with Crippen molar-refractivity contribution >= 4 is 11.9 Å². The summed E-state index contributed by atoms with van der Waals surface area (Å²) in [6.45, 7) is 5.07. The minimum absolute atomic E-state index is 0.146. The van der Waals surface area contributed by atoms with Crippen LogP contribution in [0.15, 0.2) is 0 Å². The molecule has 0 atom stereocenters. The van der Waals surface area contributed by atoms with Crippen molar-refractivity contribution < 1.29 is 19.4 Å². The summed E-state index contributed by atoms with van der Waals surface area (Å²) in [6, 6.07) is 0. The molecule has 2 heterocycles. The molecule has 1 saturated carbocycles. The highest BCUT2D eigenvalue weighted by molar-refractivity contribution is 5.83. The van der Waals surface area contributed by atoms with Crippen molar-refractivity contribution in [2.75, 3.05) is 0 Å². The van der Waals surface area contributed by atoms with Gasteiger partial charge in [0.1, 0.15) is 0 Å². The fourth-order valence-corrected chi connectivity index (χ4v) is 2.78. The predicted molar refractivity (Wildman–Crippen MR) is 51.3 cm³/mol. The summed E-state index contributed by atoms with van der Waals surface area (Å²) in [5.41, 5.74) is -2.19. The van der Waals surface area contributed by atoms with E-state index in [1.54, 1.807) is 0 Å². The largest absolute Gasteiger partial charge is 0.479 e. The zero-order valence-electron chi connectivity index (χ0n) is 9.09. The third-order valence-corrected chi connectivity index (χ3v) is 3.58. The number of carbonyl (C=O) groups excluding carboxylic acids is 1. The summed E-state index contributed by atoms with van der Waals surface area (Å²) < 4.78 is 5.56. The molecule has 2 bridgehead atoms. The summed E-state index contributed by atoms with van der Waals surface area (Å²) in [6.07, 6.45) is 0.726. The number of rotatable bonds is 2. The van der Waals surface area contributed by atoms with Gasteiger partial charge in [0, 0.05) is 19.8 Å². The minimum atomic E-state index is -1.08. The molecule has 0 radical (unpaired) electrons. The molecule has 84 valence electrons. The number of nitrogens with one attached hydrogen (secondary N) is 1. The van der Waals surface area contributed by atoms with Crippen molar-refractivity contribution in [3.05, 3.63) is 0 Å². The number of ether oxygens (including phenoxy) is 1. The molecule has 0 aromatic rings. The average molecular weight is 213 g/mol. The second-order valence-electron chi connectivity index (χ2n) is 5.03. The van der Waals surface area contributed by atoms with E-state index in [9.17, 15) is 9.59 Å². The van der Waals surface area contributed by atoms with Crippen molar-refractivity contribution in [1.29, 1.82) is 0 Å². The fraction of sp³-hybridized carbons (Fsp3) is 0.800. The molecule has 2 saturated heterocycles. The second-order valence-corrected chi connectivity index (χ2v) is 5.03. The molecule has 0 aromatic carbocycles. The van der Waals surface area contributed by atoms with Crippen molar-refractivity contribution in [3.63, 3.8) is 0 Å². The third-order valence-electron chi connectivity index (χ3n) is 3.58. The summed E-state index contributed by atoms with van der Waals surface area (Å²) >= 11 is 0. The van der Waals surface area contributed by atoms with E-state index in [2.05, 4.69) is 5.32 Å².